The smallest absolute Gasteiger partial charge is 0.222 e. The minimum atomic E-state index is -0.0834. The maximum absolute atomic E-state index is 12.6. The van der Waals surface area contributed by atoms with Crippen LogP contribution in [0.1, 0.15) is 38.4 Å². The summed E-state index contributed by atoms with van der Waals surface area (Å²) in [5.41, 5.74) is 8.64. The Morgan fingerprint density at radius 1 is 1.30 bits per heavy atom. The first-order chi connectivity index (χ1) is 12.9. The second-order valence-electron chi connectivity index (χ2n) is 7.06. The van der Waals surface area contributed by atoms with Crippen LogP contribution in [0.5, 0.6) is 0 Å². The number of pyridine rings is 1. The average molecular weight is 386 g/mol. The number of benzene rings is 1. The van der Waals surface area contributed by atoms with Crippen molar-refractivity contribution in [3.63, 3.8) is 0 Å². The topological polar surface area (TPSA) is 85.8 Å². The highest BCUT2D eigenvalue weighted by atomic mass is 35.5. The molecule has 2 aromatic heterocycles. The maximum atomic E-state index is 12.6. The number of fused-ring (bicyclic) bond motifs is 1. The van der Waals surface area contributed by atoms with Crippen LogP contribution in [-0.2, 0) is 11.3 Å². The predicted molar refractivity (Wildman–Crippen MR) is 108 cm³/mol. The summed E-state index contributed by atoms with van der Waals surface area (Å²) in [7, 11) is 0. The number of nitrogen functional groups attached to an aromatic ring is 1. The molecule has 2 heterocycles. The predicted octanol–water partition coefficient (Wildman–Crippen LogP) is 3.96. The highest BCUT2D eigenvalue weighted by molar-refractivity contribution is 6.31. The van der Waals surface area contributed by atoms with Gasteiger partial charge in [0, 0.05) is 23.7 Å². The van der Waals surface area contributed by atoms with Crippen molar-refractivity contribution in [2.45, 2.75) is 39.3 Å². The number of hydrogen-bond donors (Lipinski definition) is 2. The molecule has 1 atom stereocenters. The van der Waals surface area contributed by atoms with Gasteiger partial charge in [-0.25, -0.2) is 4.98 Å². The van der Waals surface area contributed by atoms with Gasteiger partial charge in [0.25, 0.3) is 0 Å². The highest BCUT2D eigenvalue weighted by Gasteiger charge is 2.22. The van der Waals surface area contributed by atoms with Gasteiger partial charge >= 0.3 is 0 Å². The van der Waals surface area contributed by atoms with E-state index < -0.39 is 0 Å². The number of nitrogens with zero attached hydrogens (tertiary/aromatic N) is 3. The first-order valence-electron chi connectivity index (χ1n) is 9.03. The Labute approximate surface area is 163 Å². The lowest BCUT2D eigenvalue weighted by Crippen LogP contribution is -2.27. The molecule has 0 unspecified atom stereocenters. The van der Waals surface area contributed by atoms with Gasteiger partial charge in [-0.3, -0.25) is 9.78 Å². The van der Waals surface area contributed by atoms with Crippen molar-refractivity contribution in [2.24, 2.45) is 5.92 Å². The minimum Gasteiger partial charge on any atom is -0.369 e. The molecular formula is C20H24ClN5O. The van der Waals surface area contributed by atoms with Gasteiger partial charge in [-0.05, 0) is 42.7 Å². The zero-order valence-corrected chi connectivity index (χ0v) is 16.3. The highest BCUT2D eigenvalue weighted by Crippen LogP contribution is 2.30. The lowest BCUT2D eigenvalue weighted by Gasteiger charge is -2.22. The van der Waals surface area contributed by atoms with E-state index in [1.54, 1.807) is 12.3 Å². The molecule has 3 rings (SSSR count). The molecule has 0 saturated heterocycles. The van der Waals surface area contributed by atoms with E-state index in [-0.39, 0.29) is 11.9 Å². The molecule has 3 aromatic rings. The molecule has 1 amide bonds. The van der Waals surface area contributed by atoms with E-state index in [1.165, 1.54) is 0 Å². The van der Waals surface area contributed by atoms with Crippen molar-refractivity contribution in [3.05, 3.63) is 53.3 Å². The fourth-order valence-electron chi connectivity index (χ4n) is 3.28. The third kappa shape index (κ3) is 4.77. The summed E-state index contributed by atoms with van der Waals surface area (Å²) in [5.74, 6) is 0.764. The molecule has 7 heteroatoms. The van der Waals surface area contributed by atoms with Crippen LogP contribution in [0.15, 0.2) is 42.6 Å². The van der Waals surface area contributed by atoms with E-state index >= 15 is 0 Å². The third-order valence-corrected chi connectivity index (χ3v) is 4.64. The monoisotopic (exact) mass is 385 g/mol. The summed E-state index contributed by atoms with van der Waals surface area (Å²) < 4.78 is 1.95. The van der Waals surface area contributed by atoms with Gasteiger partial charge in [-0.2, -0.15) is 0 Å². The van der Waals surface area contributed by atoms with Crippen LogP contribution in [0.4, 0.5) is 5.95 Å². The zero-order valence-electron chi connectivity index (χ0n) is 15.5. The molecule has 27 heavy (non-hydrogen) atoms. The largest absolute Gasteiger partial charge is 0.369 e. The molecular weight excluding hydrogens is 362 g/mol. The van der Waals surface area contributed by atoms with E-state index in [1.807, 2.05) is 34.9 Å². The van der Waals surface area contributed by atoms with Gasteiger partial charge in [0.2, 0.25) is 11.9 Å². The Kier molecular flexibility index (Phi) is 5.96. The number of rotatable bonds is 7. The first kappa shape index (κ1) is 19.2. The first-order valence-corrected chi connectivity index (χ1v) is 9.41. The van der Waals surface area contributed by atoms with E-state index in [0.29, 0.717) is 29.9 Å². The molecule has 0 aliphatic rings. The third-order valence-electron chi connectivity index (χ3n) is 4.40. The standard InChI is InChI=1S/C20H24ClN5O/c1-13(2)9-16(11-19(27)24-12-15-5-3-4-8-23-15)26-18-7-6-14(21)10-17(18)25-20(26)22/h3-8,10,13,16H,9,11-12H2,1-2H3,(H2,22,25)(H,24,27)/t16-/m0/s1. The summed E-state index contributed by atoms with van der Waals surface area (Å²) in [6.07, 6.45) is 2.85. The number of aromatic nitrogens is 3. The van der Waals surface area contributed by atoms with E-state index in [9.17, 15) is 4.79 Å². The number of amides is 1. The normalized spacial score (nSPS) is 12.4. The van der Waals surface area contributed by atoms with Crippen molar-refractivity contribution in [1.29, 1.82) is 0 Å². The number of hydrogen-bond acceptors (Lipinski definition) is 4. The Morgan fingerprint density at radius 2 is 2.11 bits per heavy atom. The van der Waals surface area contributed by atoms with Crippen molar-refractivity contribution in [2.75, 3.05) is 5.73 Å². The van der Waals surface area contributed by atoms with Gasteiger partial charge in [-0.1, -0.05) is 31.5 Å². The van der Waals surface area contributed by atoms with Crippen molar-refractivity contribution >= 4 is 34.5 Å². The van der Waals surface area contributed by atoms with Crippen LogP contribution in [0.3, 0.4) is 0 Å². The van der Waals surface area contributed by atoms with E-state index in [4.69, 9.17) is 17.3 Å². The van der Waals surface area contributed by atoms with E-state index in [2.05, 4.69) is 29.1 Å². The van der Waals surface area contributed by atoms with Gasteiger partial charge in [0.15, 0.2) is 0 Å². The number of anilines is 1. The number of carbonyl (C=O) groups excluding carboxylic acids is 1. The molecule has 6 nitrogen and oxygen atoms in total. The number of halogens is 1. The molecule has 1 aromatic carbocycles. The summed E-state index contributed by atoms with van der Waals surface area (Å²) in [4.78, 5) is 21.2. The van der Waals surface area contributed by atoms with Crippen molar-refractivity contribution in [3.8, 4) is 0 Å². The summed E-state index contributed by atoms with van der Waals surface area (Å²) in [5, 5.41) is 3.56. The SMILES string of the molecule is CC(C)C[C@@H](CC(=O)NCc1ccccn1)n1c(N)nc2cc(Cl)ccc21. The van der Waals surface area contributed by atoms with Gasteiger partial charge < -0.3 is 15.6 Å². The summed E-state index contributed by atoms with van der Waals surface area (Å²) in [6.45, 7) is 4.67. The van der Waals surface area contributed by atoms with Crippen LogP contribution in [-0.4, -0.2) is 20.4 Å². The molecule has 142 valence electrons. The summed E-state index contributed by atoms with van der Waals surface area (Å²) in [6, 6.07) is 11.1. The molecule has 3 N–H and O–H groups in total. The van der Waals surface area contributed by atoms with Crippen LogP contribution in [0, 0.1) is 5.92 Å². The number of imidazole rings is 1. The molecule has 0 saturated carbocycles. The Bertz CT molecular complexity index is 923. The Morgan fingerprint density at radius 3 is 2.81 bits per heavy atom. The second kappa shape index (κ2) is 8.39. The van der Waals surface area contributed by atoms with Crippen LogP contribution < -0.4 is 11.1 Å². The quantitative estimate of drug-likeness (QED) is 0.644. The fourth-order valence-corrected chi connectivity index (χ4v) is 3.44. The molecule has 0 bridgehead atoms. The summed E-state index contributed by atoms with van der Waals surface area (Å²) >= 11 is 6.07. The fraction of sp³-hybridized carbons (Fsp3) is 0.350. The van der Waals surface area contributed by atoms with Crippen LogP contribution >= 0.6 is 11.6 Å². The lowest BCUT2D eigenvalue weighted by molar-refractivity contribution is -0.122. The average Bonchev–Trinajstić information content (AvgIpc) is 2.94. The molecule has 0 spiro atoms. The maximum Gasteiger partial charge on any atom is 0.222 e. The Balaban J connectivity index is 1.80. The molecule has 0 fully saturated rings. The van der Waals surface area contributed by atoms with Crippen LogP contribution in [0.2, 0.25) is 5.02 Å². The van der Waals surface area contributed by atoms with Gasteiger partial charge in [0.05, 0.1) is 23.3 Å². The van der Waals surface area contributed by atoms with Crippen LogP contribution in [0.25, 0.3) is 11.0 Å². The van der Waals surface area contributed by atoms with E-state index in [0.717, 1.165) is 23.1 Å². The molecule has 0 aliphatic heterocycles. The van der Waals surface area contributed by atoms with Gasteiger partial charge in [-0.15, -0.1) is 0 Å². The Hall–Kier alpha value is -2.60. The molecule has 0 aliphatic carbocycles. The number of nitrogens with one attached hydrogen (secondary N) is 1. The zero-order chi connectivity index (χ0) is 19.4. The lowest BCUT2D eigenvalue weighted by atomic mass is 10.00. The number of carbonyl (C=O) groups is 1. The van der Waals surface area contributed by atoms with Crippen molar-refractivity contribution < 1.29 is 4.79 Å². The second-order valence-corrected chi connectivity index (χ2v) is 7.49. The minimum absolute atomic E-state index is 0.0403. The van der Waals surface area contributed by atoms with Gasteiger partial charge in [0.1, 0.15) is 0 Å². The van der Waals surface area contributed by atoms with Crippen molar-refractivity contribution in [1.82, 2.24) is 19.9 Å². The molecule has 0 radical (unpaired) electrons. The number of nitrogens with two attached hydrogens (primary N) is 1.